The number of hydrogen-bond donors (Lipinski definition) is 1. The average molecular weight is 524 g/mol. The van der Waals surface area contributed by atoms with E-state index in [1.165, 1.54) is 30.3 Å². The maximum absolute atomic E-state index is 13.0. The quantitative estimate of drug-likeness (QED) is 0.202. The number of amides is 1. The van der Waals surface area contributed by atoms with Crippen molar-refractivity contribution in [3.63, 3.8) is 0 Å². The van der Waals surface area contributed by atoms with E-state index in [-0.39, 0.29) is 28.3 Å². The molecule has 1 aliphatic rings. The van der Waals surface area contributed by atoms with Crippen molar-refractivity contribution >= 4 is 46.3 Å². The van der Waals surface area contributed by atoms with Crippen molar-refractivity contribution in [1.82, 2.24) is 0 Å². The minimum atomic E-state index is -0.892. The van der Waals surface area contributed by atoms with Crippen LogP contribution >= 0.6 is 11.6 Å². The van der Waals surface area contributed by atoms with E-state index < -0.39 is 23.4 Å². The Bertz CT molecular complexity index is 1340. The minimum absolute atomic E-state index is 0.0321. The monoisotopic (exact) mass is 523 g/mol. The first-order valence-electron chi connectivity index (χ1n) is 11.3. The lowest BCUT2D eigenvalue weighted by Crippen LogP contribution is -2.37. The number of halogens is 1. The van der Waals surface area contributed by atoms with Crippen LogP contribution in [0.4, 0.5) is 17.1 Å². The zero-order valence-electron chi connectivity index (χ0n) is 19.5. The molecule has 4 rings (SSSR count). The molecule has 1 heterocycles. The number of rotatable bonds is 8. The number of morpholine rings is 1. The number of anilines is 2. The van der Waals surface area contributed by atoms with E-state index in [4.69, 9.17) is 21.1 Å². The summed E-state index contributed by atoms with van der Waals surface area (Å²) in [5.74, 6) is -1.93. The number of nitro groups is 1. The van der Waals surface area contributed by atoms with Crippen molar-refractivity contribution in [2.24, 2.45) is 0 Å². The number of nitrogens with zero attached hydrogens (tertiary/aromatic N) is 2. The van der Waals surface area contributed by atoms with Crippen LogP contribution in [0.3, 0.4) is 0 Å². The number of nitrogens with one attached hydrogen (secondary N) is 1. The zero-order chi connectivity index (χ0) is 26.4. The van der Waals surface area contributed by atoms with E-state index in [0.717, 1.165) is 6.07 Å². The Morgan fingerprint density at radius 2 is 1.73 bits per heavy atom. The molecule has 0 bridgehead atoms. The van der Waals surface area contributed by atoms with Crippen LogP contribution < -0.4 is 10.2 Å². The van der Waals surface area contributed by atoms with E-state index >= 15 is 0 Å². The third-order valence-corrected chi connectivity index (χ3v) is 5.87. The van der Waals surface area contributed by atoms with Gasteiger partial charge in [0.2, 0.25) is 0 Å². The lowest BCUT2D eigenvalue weighted by atomic mass is 10.0. The molecular weight excluding hydrogens is 502 g/mol. The van der Waals surface area contributed by atoms with Gasteiger partial charge in [-0.2, -0.15) is 0 Å². The molecule has 11 heteroatoms. The molecule has 190 valence electrons. The maximum Gasteiger partial charge on any atom is 0.341 e. The number of carbonyl (C=O) groups excluding carboxylic acids is 3. The van der Waals surface area contributed by atoms with Crippen LogP contribution in [0, 0.1) is 10.1 Å². The summed E-state index contributed by atoms with van der Waals surface area (Å²) in [4.78, 5) is 51.0. The number of benzene rings is 3. The molecule has 10 nitrogen and oxygen atoms in total. The van der Waals surface area contributed by atoms with Gasteiger partial charge in [0.15, 0.2) is 12.4 Å². The molecule has 3 aromatic rings. The van der Waals surface area contributed by atoms with E-state index in [2.05, 4.69) is 5.32 Å². The highest BCUT2D eigenvalue weighted by Crippen LogP contribution is 2.28. The van der Waals surface area contributed by atoms with E-state index in [1.54, 1.807) is 30.3 Å². The highest BCUT2D eigenvalue weighted by Gasteiger charge is 2.24. The lowest BCUT2D eigenvalue weighted by molar-refractivity contribution is -0.384. The molecule has 1 saturated heterocycles. The van der Waals surface area contributed by atoms with Crippen LogP contribution in [0.25, 0.3) is 0 Å². The Morgan fingerprint density at radius 3 is 2.43 bits per heavy atom. The summed E-state index contributed by atoms with van der Waals surface area (Å²) < 4.78 is 10.5. The molecule has 1 amide bonds. The second-order valence-electron chi connectivity index (χ2n) is 8.07. The van der Waals surface area contributed by atoms with Crippen molar-refractivity contribution in [1.29, 1.82) is 0 Å². The number of carbonyl (C=O) groups is 3. The summed E-state index contributed by atoms with van der Waals surface area (Å²) in [6.07, 6.45) is 0. The minimum Gasteiger partial charge on any atom is -0.452 e. The molecule has 0 radical (unpaired) electrons. The number of non-ortho nitro benzene ring substituents is 1. The molecule has 0 atom stereocenters. The van der Waals surface area contributed by atoms with Gasteiger partial charge in [0.05, 0.1) is 35.1 Å². The van der Waals surface area contributed by atoms with Crippen molar-refractivity contribution in [3.05, 3.63) is 98.6 Å². The summed E-state index contributed by atoms with van der Waals surface area (Å²) in [5, 5.41) is 14.1. The standard InChI is InChI=1S/C26H22ClN3O7/c27-18-6-8-22(20(14-18)25(32)17-4-2-1-3-5-17)28-24(31)16-37-26(33)21-15-19(30(34)35)7-9-23(21)29-10-12-36-13-11-29/h1-9,14-15H,10-13,16H2,(H,28,31). The van der Waals surface area contributed by atoms with Crippen LogP contribution in [-0.4, -0.2) is 55.5 Å². The highest BCUT2D eigenvalue weighted by atomic mass is 35.5. The Hall–Kier alpha value is -4.28. The van der Waals surface area contributed by atoms with Crippen LogP contribution in [0.5, 0.6) is 0 Å². The fraction of sp³-hybridized carbons (Fsp3) is 0.192. The highest BCUT2D eigenvalue weighted by molar-refractivity contribution is 6.31. The van der Waals surface area contributed by atoms with Gasteiger partial charge in [0, 0.05) is 41.4 Å². The smallest absolute Gasteiger partial charge is 0.341 e. The molecule has 0 unspecified atom stereocenters. The fourth-order valence-electron chi connectivity index (χ4n) is 3.83. The SMILES string of the molecule is O=C(COC(=O)c1cc([N+](=O)[O-])ccc1N1CCOCC1)Nc1ccc(Cl)cc1C(=O)c1ccccc1. The molecule has 0 aliphatic carbocycles. The summed E-state index contributed by atoms with van der Waals surface area (Å²) in [6, 6.07) is 16.8. The molecule has 1 N–H and O–H groups in total. The number of nitro benzene ring substituents is 1. The molecule has 3 aromatic carbocycles. The van der Waals surface area contributed by atoms with Gasteiger partial charge in [-0.25, -0.2) is 4.79 Å². The Balaban J connectivity index is 1.49. The summed E-state index contributed by atoms with van der Waals surface area (Å²) >= 11 is 6.08. The number of ether oxygens (including phenoxy) is 2. The molecule has 37 heavy (non-hydrogen) atoms. The lowest BCUT2D eigenvalue weighted by Gasteiger charge is -2.30. The second-order valence-corrected chi connectivity index (χ2v) is 8.50. The van der Waals surface area contributed by atoms with Crippen LogP contribution in [0.15, 0.2) is 66.7 Å². The molecule has 1 fully saturated rings. The molecule has 0 saturated carbocycles. The predicted molar refractivity (Wildman–Crippen MR) is 136 cm³/mol. The van der Waals surface area contributed by atoms with Gasteiger partial charge in [-0.1, -0.05) is 41.9 Å². The molecular formula is C26H22ClN3O7. The van der Waals surface area contributed by atoms with Crippen molar-refractivity contribution in [3.8, 4) is 0 Å². The van der Waals surface area contributed by atoms with E-state index in [1.807, 2.05) is 4.90 Å². The average Bonchev–Trinajstić information content (AvgIpc) is 2.93. The van der Waals surface area contributed by atoms with Gasteiger partial charge >= 0.3 is 5.97 Å². The second kappa shape index (κ2) is 11.6. The Labute approximate surface area is 216 Å². The summed E-state index contributed by atoms with van der Waals surface area (Å²) in [7, 11) is 0. The maximum atomic E-state index is 13.0. The van der Waals surface area contributed by atoms with Gasteiger partial charge < -0.3 is 19.7 Å². The summed E-state index contributed by atoms with van der Waals surface area (Å²) in [6.45, 7) is 1.20. The first-order chi connectivity index (χ1) is 17.8. The molecule has 0 spiro atoms. The predicted octanol–water partition coefficient (Wildman–Crippen LogP) is 4.11. The van der Waals surface area contributed by atoms with Gasteiger partial charge in [-0.15, -0.1) is 0 Å². The zero-order valence-corrected chi connectivity index (χ0v) is 20.3. The topological polar surface area (TPSA) is 128 Å². The van der Waals surface area contributed by atoms with Crippen LogP contribution in [0.2, 0.25) is 5.02 Å². The first kappa shape index (κ1) is 25.8. The van der Waals surface area contributed by atoms with Crippen molar-refractivity contribution < 1.29 is 28.8 Å². The van der Waals surface area contributed by atoms with Crippen LogP contribution in [-0.2, 0) is 14.3 Å². The van der Waals surface area contributed by atoms with Gasteiger partial charge in [0.1, 0.15) is 0 Å². The Morgan fingerprint density at radius 1 is 1.00 bits per heavy atom. The van der Waals surface area contributed by atoms with E-state index in [0.29, 0.717) is 42.6 Å². The summed E-state index contributed by atoms with van der Waals surface area (Å²) in [5.41, 5.74) is 0.921. The van der Waals surface area contributed by atoms with Gasteiger partial charge in [0.25, 0.3) is 11.6 Å². The first-order valence-corrected chi connectivity index (χ1v) is 11.7. The van der Waals surface area contributed by atoms with Crippen LogP contribution in [0.1, 0.15) is 26.3 Å². The van der Waals surface area contributed by atoms with Crippen molar-refractivity contribution in [2.75, 3.05) is 43.1 Å². The third kappa shape index (κ3) is 6.29. The normalized spacial score (nSPS) is 13.1. The Kier molecular flexibility index (Phi) is 8.11. The van der Waals surface area contributed by atoms with Gasteiger partial charge in [-0.3, -0.25) is 19.7 Å². The number of hydrogen-bond acceptors (Lipinski definition) is 8. The fourth-order valence-corrected chi connectivity index (χ4v) is 4.01. The number of esters is 1. The molecule has 1 aliphatic heterocycles. The van der Waals surface area contributed by atoms with Gasteiger partial charge in [-0.05, 0) is 24.3 Å². The number of ketones is 1. The van der Waals surface area contributed by atoms with Crippen molar-refractivity contribution in [2.45, 2.75) is 0 Å². The third-order valence-electron chi connectivity index (χ3n) is 5.63. The largest absolute Gasteiger partial charge is 0.452 e. The van der Waals surface area contributed by atoms with E-state index in [9.17, 15) is 24.5 Å². The molecule has 0 aromatic heterocycles.